The van der Waals surface area contributed by atoms with E-state index in [-0.39, 0.29) is 24.3 Å². The van der Waals surface area contributed by atoms with Crippen molar-refractivity contribution in [2.75, 3.05) is 34.8 Å². The minimum atomic E-state index is -0.221. The lowest BCUT2D eigenvalue weighted by molar-refractivity contribution is -0.122. The Morgan fingerprint density at radius 1 is 1.09 bits per heavy atom. The Morgan fingerprint density at radius 2 is 1.82 bits per heavy atom. The average Bonchev–Trinajstić information content (AvgIpc) is 3.21. The predicted molar refractivity (Wildman–Crippen MR) is 136 cm³/mol. The number of aryl methyl sites for hydroxylation is 3. The standard InChI is InChI=1S/C27H34N4O2/c1-6-30(7-2)20-11-12-22(19(5)13-20)29-26(32)16-31-25-15-18(4)17(3)14-24(25)28-23-10-8-9-21(23)27(31)33/h11-15,21H,6-10,16H2,1-5H3,(H,29,32)/t21-/m0/s1. The summed E-state index contributed by atoms with van der Waals surface area (Å²) in [6.07, 6.45) is 2.61. The summed E-state index contributed by atoms with van der Waals surface area (Å²) in [4.78, 5) is 35.4. The molecule has 1 N–H and O–H groups in total. The summed E-state index contributed by atoms with van der Waals surface area (Å²) in [7, 11) is 0. The van der Waals surface area contributed by atoms with Crippen molar-refractivity contribution in [3.05, 3.63) is 47.0 Å². The van der Waals surface area contributed by atoms with Gasteiger partial charge in [-0.15, -0.1) is 0 Å². The van der Waals surface area contributed by atoms with Crippen LogP contribution in [0.1, 0.15) is 49.8 Å². The maximum atomic E-state index is 13.5. The van der Waals surface area contributed by atoms with Gasteiger partial charge < -0.3 is 15.1 Å². The first kappa shape index (κ1) is 23.0. The van der Waals surface area contributed by atoms with Crippen molar-refractivity contribution in [3.8, 4) is 0 Å². The van der Waals surface area contributed by atoms with Crippen LogP contribution in [0.15, 0.2) is 35.3 Å². The van der Waals surface area contributed by atoms with Crippen molar-refractivity contribution in [2.24, 2.45) is 10.9 Å². The molecule has 0 unspecified atom stereocenters. The highest BCUT2D eigenvalue weighted by Crippen LogP contribution is 2.39. The Morgan fingerprint density at radius 3 is 2.52 bits per heavy atom. The van der Waals surface area contributed by atoms with Crippen LogP contribution in [0.5, 0.6) is 0 Å². The van der Waals surface area contributed by atoms with Crippen molar-refractivity contribution in [1.29, 1.82) is 0 Å². The van der Waals surface area contributed by atoms with E-state index in [0.29, 0.717) is 0 Å². The first-order valence-corrected chi connectivity index (χ1v) is 12.0. The van der Waals surface area contributed by atoms with Crippen LogP contribution in [0.4, 0.5) is 22.7 Å². The summed E-state index contributed by atoms with van der Waals surface area (Å²) in [5.41, 5.74) is 7.61. The molecule has 0 aromatic heterocycles. The fourth-order valence-corrected chi connectivity index (χ4v) is 4.85. The summed E-state index contributed by atoms with van der Waals surface area (Å²) in [6.45, 7) is 12.2. The Bertz CT molecular complexity index is 1120. The average molecular weight is 447 g/mol. The number of carbonyl (C=O) groups excluding carboxylic acids is 2. The van der Waals surface area contributed by atoms with Crippen LogP contribution < -0.4 is 15.1 Å². The minimum absolute atomic E-state index is 0.0167. The molecular formula is C27H34N4O2. The van der Waals surface area contributed by atoms with Gasteiger partial charge in [-0.3, -0.25) is 14.6 Å². The van der Waals surface area contributed by atoms with E-state index < -0.39 is 0 Å². The highest BCUT2D eigenvalue weighted by atomic mass is 16.2. The van der Waals surface area contributed by atoms with Crippen molar-refractivity contribution in [1.82, 2.24) is 0 Å². The number of benzene rings is 2. The fraction of sp³-hybridized carbons (Fsp3) is 0.444. The smallest absolute Gasteiger partial charge is 0.244 e. The van der Waals surface area contributed by atoms with E-state index in [0.717, 1.165) is 77.5 Å². The van der Waals surface area contributed by atoms with Gasteiger partial charge in [0, 0.05) is 30.2 Å². The molecule has 2 aromatic rings. The number of fused-ring (bicyclic) bond motifs is 2. The molecule has 1 saturated carbocycles. The number of nitrogens with zero attached hydrogens (tertiary/aromatic N) is 3. The first-order chi connectivity index (χ1) is 15.8. The molecule has 1 heterocycles. The maximum absolute atomic E-state index is 13.5. The zero-order valence-electron chi connectivity index (χ0n) is 20.4. The topological polar surface area (TPSA) is 65.0 Å². The van der Waals surface area contributed by atoms with Crippen molar-refractivity contribution >= 4 is 40.3 Å². The van der Waals surface area contributed by atoms with E-state index in [1.807, 2.05) is 38.1 Å². The summed E-state index contributed by atoms with van der Waals surface area (Å²) in [5.74, 6) is -0.439. The minimum Gasteiger partial charge on any atom is -0.372 e. The largest absolute Gasteiger partial charge is 0.372 e. The molecule has 1 aliphatic carbocycles. The molecule has 6 nitrogen and oxygen atoms in total. The van der Waals surface area contributed by atoms with E-state index in [1.165, 1.54) is 0 Å². The predicted octanol–water partition coefficient (Wildman–Crippen LogP) is 5.32. The van der Waals surface area contributed by atoms with Crippen LogP contribution in [-0.2, 0) is 9.59 Å². The van der Waals surface area contributed by atoms with Gasteiger partial charge in [0.15, 0.2) is 0 Å². The third-order valence-electron chi connectivity index (χ3n) is 6.95. The van der Waals surface area contributed by atoms with Crippen LogP contribution in [0.25, 0.3) is 0 Å². The van der Waals surface area contributed by atoms with Gasteiger partial charge in [-0.2, -0.15) is 0 Å². The summed E-state index contributed by atoms with van der Waals surface area (Å²) >= 11 is 0. The van der Waals surface area contributed by atoms with Gasteiger partial charge in [0.1, 0.15) is 6.54 Å². The number of amides is 2. The Labute approximate surface area is 196 Å². The van der Waals surface area contributed by atoms with E-state index in [1.54, 1.807) is 4.90 Å². The second-order valence-electron chi connectivity index (χ2n) is 9.12. The Hall–Kier alpha value is -3.15. The van der Waals surface area contributed by atoms with Crippen LogP contribution in [-0.4, -0.2) is 37.2 Å². The number of hydrogen-bond donors (Lipinski definition) is 1. The molecule has 0 saturated heterocycles. The van der Waals surface area contributed by atoms with Crippen molar-refractivity contribution in [2.45, 2.75) is 53.9 Å². The molecule has 2 aromatic carbocycles. The van der Waals surface area contributed by atoms with Crippen molar-refractivity contribution in [3.63, 3.8) is 0 Å². The summed E-state index contributed by atoms with van der Waals surface area (Å²) in [6, 6.07) is 10.1. The zero-order valence-corrected chi connectivity index (χ0v) is 20.4. The lowest BCUT2D eigenvalue weighted by Gasteiger charge is -2.25. The van der Waals surface area contributed by atoms with Gasteiger partial charge in [-0.25, -0.2) is 0 Å². The molecule has 33 heavy (non-hydrogen) atoms. The van der Waals surface area contributed by atoms with E-state index >= 15 is 0 Å². The first-order valence-electron chi connectivity index (χ1n) is 12.0. The van der Waals surface area contributed by atoms with Crippen LogP contribution in [0, 0.1) is 26.7 Å². The normalized spacial score (nSPS) is 17.2. The van der Waals surface area contributed by atoms with Crippen LogP contribution in [0.3, 0.4) is 0 Å². The lowest BCUT2D eigenvalue weighted by Crippen LogP contribution is -2.42. The monoisotopic (exact) mass is 446 g/mol. The molecule has 1 fully saturated rings. The molecule has 6 heteroatoms. The quantitative estimate of drug-likeness (QED) is 0.653. The molecule has 0 bridgehead atoms. The Balaban J connectivity index is 1.59. The van der Waals surface area contributed by atoms with E-state index in [4.69, 9.17) is 4.99 Å². The van der Waals surface area contributed by atoms with Crippen LogP contribution >= 0.6 is 0 Å². The molecular weight excluding hydrogens is 412 g/mol. The second kappa shape index (κ2) is 9.38. The number of carbonyl (C=O) groups is 2. The number of aliphatic imine (C=N–C) groups is 1. The number of nitrogens with one attached hydrogen (secondary N) is 1. The SMILES string of the molecule is CCN(CC)c1ccc(NC(=O)CN2C(=O)[C@H]3CCCC3=Nc3cc(C)c(C)cc32)c(C)c1. The van der Waals surface area contributed by atoms with E-state index in [2.05, 4.69) is 37.1 Å². The molecule has 1 atom stereocenters. The van der Waals surface area contributed by atoms with Crippen LogP contribution in [0.2, 0.25) is 0 Å². The van der Waals surface area contributed by atoms with Crippen molar-refractivity contribution < 1.29 is 9.59 Å². The maximum Gasteiger partial charge on any atom is 0.244 e. The highest BCUT2D eigenvalue weighted by Gasteiger charge is 2.37. The van der Waals surface area contributed by atoms with E-state index in [9.17, 15) is 9.59 Å². The molecule has 2 amide bonds. The number of rotatable bonds is 6. The highest BCUT2D eigenvalue weighted by molar-refractivity contribution is 6.17. The molecule has 174 valence electrons. The second-order valence-corrected chi connectivity index (χ2v) is 9.12. The van der Waals surface area contributed by atoms with Gasteiger partial charge in [-0.1, -0.05) is 0 Å². The number of hydrogen-bond acceptors (Lipinski definition) is 4. The van der Waals surface area contributed by atoms with Gasteiger partial charge in [-0.05, 0) is 101 Å². The zero-order chi connectivity index (χ0) is 23.7. The molecule has 0 radical (unpaired) electrons. The molecule has 1 aliphatic heterocycles. The summed E-state index contributed by atoms with van der Waals surface area (Å²) < 4.78 is 0. The summed E-state index contributed by atoms with van der Waals surface area (Å²) in [5, 5.41) is 3.03. The lowest BCUT2D eigenvalue weighted by atomic mass is 10.0. The molecule has 4 rings (SSSR count). The van der Waals surface area contributed by atoms with Gasteiger partial charge in [0.05, 0.1) is 17.3 Å². The molecule has 0 spiro atoms. The Kier molecular flexibility index (Phi) is 6.54. The third-order valence-corrected chi connectivity index (χ3v) is 6.95. The van der Waals surface area contributed by atoms with Gasteiger partial charge in [0.2, 0.25) is 11.8 Å². The molecule has 2 aliphatic rings. The number of anilines is 3. The third kappa shape index (κ3) is 4.52. The fourth-order valence-electron chi connectivity index (χ4n) is 4.85. The van der Waals surface area contributed by atoms with Gasteiger partial charge in [0.25, 0.3) is 0 Å². The van der Waals surface area contributed by atoms with Gasteiger partial charge >= 0.3 is 0 Å².